The van der Waals surface area contributed by atoms with Gasteiger partial charge in [-0.2, -0.15) is 0 Å². The van der Waals surface area contributed by atoms with E-state index in [0.29, 0.717) is 0 Å². The van der Waals surface area contributed by atoms with Crippen molar-refractivity contribution in [1.29, 1.82) is 0 Å². The van der Waals surface area contributed by atoms with E-state index in [9.17, 15) is 0 Å². The molecule has 0 saturated carbocycles. The first-order chi connectivity index (χ1) is 7.72. The predicted molar refractivity (Wildman–Crippen MR) is 73.9 cm³/mol. The van der Waals surface area contributed by atoms with Gasteiger partial charge in [-0.3, -0.25) is 0 Å². The van der Waals surface area contributed by atoms with E-state index in [0.717, 1.165) is 19.9 Å². The Balaban J connectivity index is 2.36. The van der Waals surface area contributed by atoms with E-state index in [-0.39, 0.29) is 6.04 Å². The number of hydrogen-bond donors (Lipinski definition) is 1. The SMILES string of the molecule is CCNC(c1ccco1)c1cc(Br)sc1Br. The smallest absolute Gasteiger partial charge is 0.125 e. The van der Waals surface area contributed by atoms with Gasteiger partial charge < -0.3 is 9.73 Å². The quantitative estimate of drug-likeness (QED) is 0.859. The van der Waals surface area contributed by atoms with Crippen LogP contribution < -0.4 is 5.32 Å². The standard InChI is InChI=1S/C11H11Br2NOS/c1-2-14-10(8-4-3-5-15-8)7-6-9(12)16-11(7)13/h3-6,10,14H,2H2,1H3. The lowest BCUT2D eigenvalue weighted by molar-refractivity contribution is 0.452. The highest BCUT2D eigenvalue weighted by Gasteiger charge is 2.20. The van der Waals surface area contributed by atoms with Crippen LogP contribution >= 0.6 is 43.2 Å². The Morgan fingerprint density at radius 1 is 1.50 bits per heavy atom. The largest absolute Gasteiger partial charge is 0.467 e. The van der Waals surface area contributed by atoms with Crippen molar-refractivity contribution in [3.05, 3.63) is 43.4 Å². The molecule has 0 aliphatic rings. The van der Waals surface area contributed by atoms with Crippen molar-refractivity contribution in [3.8, 4) is 0 Å². The molecule has 0 aliphatic heterocycles. The van der Waals surface area contributed by atoms with Gasteiger partial charge in [0.1, 0.15) is 5.76 Å². The zero-order valence-corrected chi connectivity index (χ0v) is 12.7. The van der Waals surface area contributed by atoms with Crippen LogP contribution in [0.2, 0.25) is 0 Å². The average Bonchev–Trinajstić information content (AvgIpc) is 2.85. The highest BCUT2D eigenvalue weighted by Crippen LogP contribution is 2.37. The summed E-state index contributed by atoms with van der Waals surface area (Å²) in [4.78, 5) is 0. The monoisotopic (exact) mass is 363 g/mol. The van der Waals surface area contributed by atoms with Crippen LogP contribution in [0.4, 0.5) is 0 Å². The first-order valence-electron chi connectivity index (χ1n) is 4.94. The molecular weight excluding hydrogens is 354 g/mol. The van der Waals surface area contributed by atoms with Crippen LogP contribution in [0, 0.1) is 0 Å². The minimum Gasteiger partial charge on any atom is -0.467 e. The fourth-order valence-electron chi connectivity index (χ4n) is 1.57. The molecular formula is C11H11Br2NOS. The number of halogens is 2. The summed E-state index contributed by atoms with van der Waals surface area (Å²) < 4.78 is 7.71. The fraction of sp³-hybridized carbons (Fsp3) is 0.273. The van der Waals surface area contributed by atoms with E-state index in [1.54, 1.807) is 17.6 Å². The Morgan fingerprint density at radius 2 is 2.31 bits per heavy atom. The van der Waals surface area contributed by atoms with Gasteiger partial charge in [-0.15, -0.1) is 11.3 Å². The molecule has 1 N–H and O–H groups in total. The van der Waals surface area contributed by atoms with Crippen LogP contribution in [-0.2, 0) is 0 Å². The Bertz CT molecular complexity index is 453. The summed E-state index contributed by atoms with van der Waals surface area (Å²) in [6.45, 7) is 2.98. The maximum Gasteiger partial charge on any atom is 0.125 e. The van der Waals surface area contributed by atoms with E-state index in [1.807, 2.05) is 12.1 Å². The molecule has 0 saturated heterocycles. The van der Waals surface area contributed by atoms with Crippen LogP contribution in [0.15, 0.2) is 36.5 Å². The first-order valence-corrected chi connectivity index (χ1v) is 7.34. The summed E-state index contributed by atoms with van der Waals surface area (Å²) in [5.41, 5.74) is 1.20. The zero-order valence-electron chi connectivity index (χ0n) is 8.67. The van der Waals surface area contributed by atoms with E-state index in [2.05, 4.69) is 50.2 Å². The topological polar surface area (TPSA) is 25.2 Å². The van der Waals surface area contributed by atoms with Gasteiger partial charge in [0.15, 0.2) is 0 Å². The molecule has 86 valence electrons. The molecule has 0 radical (unpaired) electrons. The average molecular weight is 365 g/mol. The van der Waals surface area contributed by atoms with Gasteiger partial charge in [-0.1, -0.05) is 6.92 Å². The summed E-state index contributed by atoms with van der Waals surface area (Å²) in [5.74, 6) is 0.938. The minimum atomic E-state index is 0.108. The lowest BCUT2D eigenvalue weighted by Crippen LogP contribution is -2.21. The lowest BCUT2D eigenvalue weighted by atomic mass is 10.1. The van der Waals surface area contributed by atoms with Crippen molar-refractivity contribution in [1.82, 2.24) is 5.32 Å². The second-order valence-electron chi connectivity index (χ2n) is 3.29. The van der Waals surface area contributed by atoms with Crippen LogP contribution in [-0.4, -0.2) is 6.54 Å². The molecule has 2 aromatic rings. The Kier molecular flexibility index (Phi) is 4.24. The van der Waals surface area contributed by atoms with Gasteiger partial charge in [-0.25, -0.2) is 0 Å². The molecule has 5 heteroatoms. The van der Waals surface area contributed by atoms with E-state index in [1.165, 1.54) is 5.56 Å². The third-order valence-electron chi connectivity index (χ3n) is 2.23. The molecule has 16 heavy (non-hydrogen) atoms. The maximum absolute atomic E-state index is 5.47. The van der Waals surface area contributed by atoms with Gasteiger partial charge in [0.2, 0.25) is 0 Å². The number of furan rings is 1. The lowest BCUT2D eigenvalue weighted by Gasteiger charge is -2.14. The third-order valence-corrected chi connectivity index (χ3v) is 4.62. The molecule has 1 atom stereocenters. The molecule has 0 amide bonds. The predicted octanol–water partition coefficient (Wildman–Crippen LogP) is 4.57. The van der Waals surface area contributed by atoms with Gasteiger partial charge in [0.05, 0.1) is 19.9 Å². The molecule has 0 spiro atoms. The van der Waals surface area contributed by atoms with Gasteiger partial charge in [0, 0.05) is 5.56 Å². The number of nitrogens with one attached hydrogen (secondary N) is 1. The molecule has 1 unspecified atom stereocenters. The van der Waals surface area contributed by atoms with Crippen LogP contribution in [0.1, 0.15) is 24.3 Å². The molecule has 0 fully saturated rings. The third kappa shape index (κ3) is 2.59. The van der Waals surface area contributed by atoms with E-state index in [4.69, 9.17) is 4.42 Å². The first kappa shape index (κ1) is 12.4. The van der Waals surface area contributed by atoms with Crippen LogP contribution in [0.5, 0.6) is 0 Å². The fourth-order valence-corrected chi connectivity index (χ4v) is 4.48. The molecule has 2 aromatic heterocycles. The van der Waals surface area contributed by atoms with Crippen molar-refractivity contribution in [3.63, 3.8) is 0 Å². The van der Waals surface area contributed by atoms with Gasteiger partial charge >= 0.3 is 0 Å². The van der Waals surface area contributed by atoms with Crippen LogP contribution in [0.3, 0.4) is 0 Å². The summed E-state index contributed by atoms with van der Waals surface area (Å²) in [7, 11) is 0. The Morgan fingerprint density at radius 3 is 2.81 bits per heavy atom. The van der Waals surface area contributed by atoms with Crippen molar-refractivity contribution in [2.75, 3.05) is 6.54 Å². The molecule has 2 heterocycles. The van der Waals surface area contributed by atoms with Crippen LogP contribution in [0.25, 0.3) is 0 Å². The van der Waals surface area contributed by atoms with Crippen molar-refractivity contribution < 1.29 is 4.42 Å². The summed E-state index contributed by atoms with van der Waals surface area (Å²) in [6.07, 6.45) is 1.70. The summed E-state index contributed by atoms with van der Waals surface area (Å²) in [5, 5.41) is 3.42. The molecule has 2 rings (SSSR count). The van der Waals surface area contributed by atoms with E-state index >= 15 is 0 Å². The summed E-state index contributed by atoms with van der Waals surface area (Å²) >= 11 is 8.75. The molecule has 0 bridgehead atoms. The zero-order chi connectivity index (χ0) is 11.5. The Labute approximate surface area is 115 Å². The van der Waals surface area contributed by atoms with E-state index < -0.39 is 0 Å². The normalized spacial score (nSPS) is 12.9. The molecule has 2 nitrogen and oxygen atoms in total. The number of hydrogen-bond acceptors (Lipinski definition) is 3. The second-order valence-corrected chi connectivity index (χ2v) is 7.04. The number of rotatable bonds is 4. The molecule has 0 aromatic carbocycles. The van der Waals surface area contributed by atoms with Gasteiger partial charge in [-0.05, 0) is 56.6 Å². The summed E-state index contributed by atoms with van der Waals surface area (Å²) in [6, 6.07) is 6.13. The Hall–Kier alpha value is -0.100. The molecule has 0 aliphatic carbocycles. The van der Waals surface area contributed by atoms with Crippen molar-refractivity contribution in [2.45, 2.75) is 13.0 Å². The van der Waals surface area contributed by atoms with Gasteiger partial charge in [0.25, 0.3) is 0 Å². The number of thiophene rings is 1. The minimum absolute atomic E-state index is 0.108. The second kappa shape index (κ2) is 5.49. The van der Waals surface area contributed by atoms with Crippen molar-refractivity contribution in [2.24, 2.45) is 0 Å². The highest BCUT2D eigenvalue weighted by molar-refractivity contribution is 9.12. The maximum atomic E-state index is 5.47. The van der Waals surface area contributed by atoms with Crippen molar-refractivity contribution >= 4 is 43.2 Å². The highest BCUT2D eigenvalue weighted by atomic mass is 79.9.